The molecule has 7 heteroatoms. The fourth-order valence-corrected chi connectivity index (χ4v) is 2.92. The highest BCUT2D eigenvalue weighted by Gasteiger charge is 2.25. The number of carbonyl (C=O) groups excluding carboxylic acids is 1. The predicted octanol–water partition coefficient (Wildman–Crippen LogP) is 3.10. The second-order valence-electron chi connectivity index (χ2n) is 7.89. The van der Waals surface area contributed by atoms with Crippen LogP contribution in [0.3, 0.4) is 0 Å². The van der Waals surface area contributed by atoms with Crippen molar-refractivity contribution in [1.29, 1.82) is 0 Å². The molecular weight excluding hydrogens is 318 g/mol. The van der Waals surface area contributed by atoms with E-state index in [0.717, 1.165) is 43.1 Å². The Morgan fingerprint density at radius 1 is 1.16 bits per heavy atom. The van der Waals surface area contributed by atoms with E-state index in [1.165, 1.54) is 0 Å². The number of hydrogen-bond donors (Lipinski definition) is 2. The molecule has 2 N–H and O–H groups in total. The summed E-state index contributed by atoms with van der Waals surface area (Å²) in [5.74, 6) is 2.52. The summed E-state index contributed by atoms with van der Waals surface area (Å²) in [6, 6.07) is 2.51. The van der Waals surface area contributed by atoms with Gasteiger partial charge in [-0.2, -0.15) is 0 Å². The van der Waals surface area contributed by atoms with Crippen molar-refractivity contribution in [2.24, 2.45) is 0 Å². The first-order valence-corrected chi connectivity index (χ1v) is 8.91. The summed E-state index contributed by atoms with van der Waals surface area (Å²) in [6.07, 6.45) is 3.51. The number of hydrogen-bond acceptors (Lipinski definition) is 6. The first-order chi connectivity index (χ1) is 11.6. The number of nitrogens with one attached hydrogen (secondary N) is 2. The highest BCUT2D eigenvalue weighted by molar-refractivity contribution is 5.68. The van der Waals surface area contributed by atoms with Gasteiger partial charge in [-0.3, -0.25) is 0 Å². The molecule has 2 rings (SSSR count). The van der Waals surface area contributed by atoms with Gasteiger partial charge in [0.2, 0.25) is 0 Å². The van der Waals surface area contributed by atoms with E-state index < -0.39 is 5.60 Å². The van der Waals surface area contributed by atoms with Crippen LogP contribution >= 0.6 is 0 Å². The van der Waals surface area contributed by atoms with E-state index in [1.807, 2.05) is 52.8 Å². The molecule has 0 aromatic carbocycles. The number of rotatable bonds is 4. The van der Waals surface area contributed by atoms with E-state index in [-0.39, 0.29) is 12.1 Å². The standard InChI is InChI=1S/C18H31N5O2/c1-12-19-15(11-16(20-12)23(5)6)21-13-7-9-14(10-8-13)22-17(24)25-18(2,3)4/h11,13-14H,7-10H2,1-6H3,(H,22,24)(H,19,20,21). The van der Waals surface area contributed by atoms with Crippen molar-refractivity contribution in [2.45, 2.75) is 71.1 Å². The molecule has 0 unspecified atom stereocenters. The molecule has 0 spiro atoms. The summed E-state index contributed by atoms with van der Waals surface area (Å²) in [6.45, 7) is 7.52. The van der Waals surface area contributed by atoms with Crippen LogP contribution in [-0.4, -0.2) is 47.8 Å². The Bertz CT molecular complexity index is 590. The third-order valence-corrected chi connectivity index (χ3v) is 4.08. The van der Waals surface area contributed by atoms with Crippen LogP contribution in [0.4, 0.5) is 16.4 Å². The van der Waals surface area contributed by atoms with E-state index >= 15 is 0 Å². The average molecular weight is 349 g/mol. The van der Waals surface area contributed by atoms with Gasteiger partial charge in [-0.05, 0) is 53.4 Å². The van der Waals surface area contributed by atoms with Crippen molar-refractivity contribution in [3.05, 3.63) is 11.9 Å². The topological polar surface area (TPSA) is 79.4 Å². The molecule has 1 amide bonds. The van der Waals surface area contributed by atoms with E-state index in [1.54, 1.807) is 0 Å². The molecule has 7 nitrogen and oxygen atoms in total. The Labute approximate surface area is 150 Å². The Morgan fingerprint density at radius 2 is 1.76 bits per heavy atom. The molecule has 1 saturated carbocycles. The zero-order valence-electron chi connectivity index (χ0n) is 16.2. The number of amides is 1. The van der Waals surface area contributed by atoms with E-state index in [4.69, 9.17) is 4.74 Å². The van der Waals surface area contributed by atoms with Crippen molar-refractivity contribution in [3.63, 3.8) is 0 Å². The largest absolute Gasteiger partial charge is 0.444 e. The minimum Gasteiger partial charge on any atom is -0.444 e. The van der Waals surface area contributed by atoms with Crippen LogP contribution in [-0.2, 0) is 4.74 Å². The fraction of sp³-hybridized carbons (Fsp3) is 0.722. The van der Waals surface area contributed by atoms with E-state index in [9.17, 15) is 4.79 Å². The normalized spacial score (nSPS) is 20.7. The number of aryl methyl sites for hydroxylation is 1. The second kappa shape index (κ2) is 7.89. The van der Waals surface area contributed by atoms with Crippen molar-refractivity contribution in [2.75, 3.05) is 24.3 Å². The van der Waals surface area contributed by atoms with Crippen molar-refractivity contribution >= 4 is 17.7 Å². The molecule has 0 bridgehead atoms. The van der Waals surface area contributed by atoms with Gasteiger partial charge in [0.05, 0.1) is 0 Å². The third-order valence-electron chi connectivity index (χ3n) is 4.08. The first kappa shape index (κ1) is 19.3. The lowest BCUT2D eigenvalue weighted by atomic mass is 9.91. The molecule has 1 aromatic heterocycles. The summed E-state index contributed by atoms with van der Waals surface area (Å²) in [4.78, 5) is 22.7. The number of nitrogens with zero attached hydrogens (tertiary/aromatic N) is 3. The summed E-state index contributed by atoms with van der Waals surface area (Å²) in [5.41, 5.74) is -0.460. The van der Waals surface area contributed by atoms with Gasteiger partial charge in [0, 0.05) is 32.2 Å². The number of ether oxygens (including phenoxy) is 1. The molecule has 0 radical (unpaired) electrons. The van der Waals surface area contributed by atoms with Gasteiger partial charge in [0.15, 0.2) is 0 Å². The average Bonchev–Trinajstić information content (AvgIpc) is 2.46. The number of aromatic nitrogens is 2. The van der Waals surface area contributed by atoms with E-state index in [2.05, 4.69) is 20.6 Å². The molecule has 1 heterocycles. The summed E-state index contributed by atoms with van der Waals surface area (Å²) < 4.78 is 5.32. The SMILES string of the molecule is Cc1nc(NC2CCC(NC(=O)OC(C)(C)C)CC2)cc(N(C)C)n1. The third kappa shape index (κ3) is 6.40. The number of anilines is 2. The van der Waals surface area contributed by atoms with Crippen molar-refractivity contribution in [3.8, 4) is 0 Å². The smallest absolute Gasteiger partial charge is 0.407 e. The zero-order valence-corrected chi connectivity index (χ0v) is 16.2. The molecule has 1 aliphatic rings. The molecule has 25 heavy (non-hydrogen) atoms. The lowest BCUT2D eigenvalue weighted by Crippen LogP contribution is -2.42. The van der Waals surface area contributed by atoms with Gasteiger partial charge >= 0.3 is 6.09 Å². The predicted molar refractivity (Wildman–Crippen MR) is 100 cm³/mol. The molecule has 0 atom stereocenters. The van der Waals surface area contributed by atoms with Crippen LogP contribution in [0.25, 0.3) is 0 Å². The molecule has 0 aliphatic heterocycles. The van der Waals surface area contributed by atoms with Crippen molar-refractivity contribution in [1.82, 2.24) is 15.3 Å². The lowest BCUT2D eigenvalue weighted by Gasteiger charge is -2.31. The minimum atomic E-state index is -0.460. The molecular formula is C18H31N5O2. The molecule has 1 aromatic rings. The monoisotopic (exact) mass is 349 g/mol. The Kier molecular flexibility index (Phi) is 6.08. The van der Waals surface area contributed by atoms with E-state index in [0.29, 0.717) is 6.04 Å². The maximum absolute atomic E-state index is 11.9. The summed E-state index contributed by atoms with van der Waals surface area (Å²) in [5, 5.41) is 6.48. The van der Waals surface area contributed by atoms with Gasteiger partial charge in [0.1, 0.15) is 23.1 Å². The van der Waals surface area contributed by atoms with Gasteiger partial charge < -0.3 is 20.3 Å². The van der Waals surface area contributed by atoms with Crippen LogP contribution in [0, 0.1) is 6.92 Å². The van der Waals surface area contributed by atoms with Gasteiger partial charge in [-0.25, -0.2) is 14.8 Å². The maximum atomic E-state index is 11.9. The molecule has 1 fully saturated rings. The molecule has 140 valence electrons. The Balaban J connectivity index is 1.84. The zero-order chi connectivity index (χ0) is 18.6. The number of alkyl carbamates (subject to hydrolysis) is 1. The van der Waals surface area contributed by atoms with Gasteiger partial charge in [0.25, 0.3) is 0 Å². The highest BCUT2D eigenvalue weighted by atomic mass is 16.6. The molecule has 0 saturated heterocycles. The lowest BCUT2D eigenvalue weighted by molar-refractivity contribution is 0.0492. The molecule has 1 aliphatic carbocycles. The Hall–Kier alpha value is -2.05. The maximum Gasteiger partial charge on any atom is 0.407 e. The van der Waals surface area contributed by atoms with Crippen LogP contribution in [0.5, 0.6) is 0 Å². The van der Waals surface area contributed by atoms with Crippen molar-refractivity contribution < 1.29 is 9.53 Å². The van der Waals surface area contributed by atoms with Crippen LogP contribution < -0.4 is 15.5 Å². The quantitative estimate of drug-likeness (QED) is 0.869. The Morgan fingerprint density at radius 3 is 2.32 bits per heavy atom. The number of carbonyl (C=O) groups is 1. The van der Waals surface area contributed by atoms with Gasteiger partial charge in [-0.15, -0.1) is 0 Å². The van der Waals surface area contributed by atoms with Crippen LogP contribution in [0.1, 0.15) is 52.3 Å². The summed E-state index contributed by atoms with van der Waals surface area (Å²) in [7, 11) is 3.94. The highest BCUT2D eigenvalue weighted by Crippen LogP contribution is 2.23. The first-order valence-electron chi connectivity index (χ1n) is 8.91. The van der Waals surface area contributed by atoms with Gasteiger partial charge in [-0.1, -0.05) is 0 Å². The minimum absolute atomic E-state index is 0.178. The van der Waals surface area contributed by atoms with Crippen LogP contribution in [0.15, 0.2) is 6.07 Å². The summed E-state index contributed by atoms with van der Waals surface area (Å²) >= 11 is 0. The fourth-order valence-electron chi connectivity index (χ4n) is 2.92. The van der Waals surface area contributed by atoms with Crippen LogP contribution in [0.2, 0.25) is 0 Å². The second-order valence-corrected chi connectivity index (χ2v) is 7.89.